The Labute approximate surface area is 165 Å². The highest BCUT2D eigenvalue weighted by Gasteiger charge is 2.15. The molecule has 0 bridgehead atoms. The number of thioether (sulfide) groups is 1. The number of nitrogens with zero attached hydrogens (tertiary/aromatic N) is 1. The second-order valence-electron chi connectivity index (χ2n) is 7.42. The van der Waals surface area contributed by atoms with Gasteiger partial charge in [0.2, 0.25) is 0 Å². The normalized spacial score (nSPS) is 11.3. The Hall–Kier alpha value is -2.59. The first-order valence-corrected chi connectivity index (χ1v) is 10.1. The summed E-state index contributed by atoms with van der Waals surface area (Å²) in [6.07, 6.45) is 3.68. The number of hydrogen-bond donors (Lipinski definition) is 1. The monoisotopic (exact) mass is 376 g/mol. The van der Waals surface area contributed by atoms with Crippen molar-refractivity contribution in [2.45, 2.75) is 31.1 Å². The van der Waals surface area contributed by atoms with Crippen LogP contribution in [0, 0.1) is 0 Å². The van der Waals surface area contributed by atoms with Crippen LogP contribution in [-0.2, 0) is 5.41 Å². The molecule has 1 heterocycles. The fourth-order valence-electron chi connectivity index (χ4n) is 2.81. The number of carbonyl (C=O) groups is 1. The summed E-state index contributed by atoms with van der Waals surface area (Å²) >= 11 is 1.69. The maximum absolute atomic E-state index is 12.6. The smallest absolute Gasteiger partial charge is 0.257 e. The van der Waals surface area contributed by atoms with Crippen molar-refractivity contribution in [1.29, 1.82) is 0 Å². The van der Waals surface area contributed by atoms with Gasteiger partial charge in [-0.1, -0.05) is 51.1 Å². The minimum Gasteiger partial charge on any atom is -0.322 e. The standard InChI is InChI=1S/C23H24N2OS/c1-23(2,3)17-8-7-9-18(14-17)25-22(26)16-12-13-20(24-15-16)19-10-5-6-11-21(19)27-4/h5-15H,1-4H3,(H,25,26). The van der Waals surface area contributed by atoms with E-state index in [-0.39, 0.29) is 11.3 Å². The van der Waals surface area contributed by atoms with Crippen molar-refractivity contribution in [3.05, 3.63) is 78.0 Å². The average molecular weight is 377 g/mol. The van der Waals surface area contributed by atoms with Gasteiger partial charge in [0, 0.05) is 22.3 Å². The molecule has 3 rings (SSSR count). The summed E-state index contributed by atoms with van der Waals surface area (Å²) in [4.78, 5) is 18.3. The molecular formula is C23H24N2OS. The summed E-state index contributed by atoms with van der Waals surface area (Å²) in [6.45, 7) is 6.47. The Kier molecular flexibility index (Phi) is 5.66. The molecular weight excluding hydrogens is 352 g/mol. The van der Waals surface area contributed by atoms with E-state index in [1.807, 2.05) is 54.8 Å². The molecule has 0 aliphatic rings. The van der Waals surface area contributed by atoms with Gasteiger partial charge in [-0.25, -0.2) is 0 Å². The van der Waals surface area contributed by atoms with Crippen LogP contribution in [0.25, 0.3) is 11.3 Å². The highest BCUT2D eigenvalue weighted by atomic mass is 32.2. The van der Waals surface area contributed by atoms with Crippen LogP contribution >= 0.6 is 11.8 Å². The number of amides is 1. The Morgan fingerprint density at radius 1 is 1.00 bits per heavy atom. The quantitative estimate of drug-likeness (QED) is 0.566. The van der Waals surface area contributed by atoms with E-state index < -0.39 is 0 Å². The van der Waals surface area contributed by atoms with Crippen molar-refractivity contribution in [3.8, 4) is 11.3 Å². The van der Waals surface area contributed by atoms with E-state index >= 15 is 0 Å². The molecule has 0 spiro atoms. The molecule has 4 heteroatoms. The molecule has 0 unspecified atom stereocenters. The summed E-state index contributed by atoms with van der Waals surface area (Å²) in [5, 5.41) is 2.97. The Balaban J connectivity index is 1.79. The zero-order chi connectivity index (χ0) is 19.4. The first-order chi connectivity index (χ1) is 12.9. The average Bonchev–Trinajstić information content (AvgIpc) is 2.67. The van der Waals surface area contributed by atoms with Gasteiger partial charge in [0.1, 0.15) is 0 Å². The van der Waals surface area contributed by atoms with Crippen LogP contribution in [0.15, 0.2) is 71.8 Å². The van der Waals surface area contributed by atoms with Crippen LogP contribution in [0.5, 0.6) is 0 Å². The minimum absolute atomic E-state index is 0.0363. The van der Waals surface area contributed by atoms with Gasteiger partial charge in [0.15, 0.2) is 0 Å². The predicted molar refractivity (Wildman–Crippen MR) is 115 cm³/mol. The van der Waals surface area contributed by atoms with Crippen molar-refractivity contribution in [2.24, 2.45) is 0 Å². The molecule has 0 aliphatic carbocycles. The fourth-order valence-corrected chi connectivity index (χ4v) is 3.42. The van der Waals surface area contributed by atoms with E-state index in [1.54, 1.807) is 18.0 Å². The van der Waals surface area contributed by atoms with Crippen LogP contribution in [0.1, 0.15) is 36.7 Å². The molecule has 0 aliphatic heterocycles. The SMILES string of the molecule is CSc1ccccc1-c1ccc(C(=O)Nc2cccc(C(C)(C)C)c2)cn1. The third-order valence-electron chi connectivity index (χ3n) is 4.40. The van der Waals surface area contributed by atoms with Gasteiger partial charge in [-0.2, -0.15) is 0 Å². The molecule has 138 valence electrons. The van der Waals surface area contributed by atoms with Crippen LogP contribution in [0.2, 0.25) is 0 Å². The second kappa shape index (κ2) is 7.97. The Bertz CT molecular complexity index is 943. The molecule has 0 fully saturated rings. The van der Waals surface area contributed by atoms with Gasteiger partial charge in [-0.3, -0.25) is 9.78 Å². The van der Waals surface area contributed by atoms with Crippen molar-refractivity contribution < 1.29 is 4.79 Å². The summed E-state index contributed by atoms with van der Waals surface area (Å²) in [5.41, 5.74) is 4.50. The molecule has 0 atom stereocenters. The number of pyridine rings is 1. The first kappa shape index (κ1) is 19.2. The molecule has 0 saturated heterocycles. The number of rotatable bonds is 4. The third kappa shape index (κ3) is 4.58. The lowest BCUT2D eigenvalue weighted by Crippen LogP contribution is -2.15. The summed E-state index contributed by atoms with van der Waals surface area (Å²) in [6, 6.07) is 19.8. The molecule has 3 nitrogen and oxygen atoms in total. The molecule has 27 heavy (non-hydrogen) atoms. The molecule has 2 aromatic carbocycles. The lowest BCUT2D eigenvalue weighted by atomic mass is 9.87. The van der Waals surface area contributed by atoms with E-state index in [4.69, 9.17) is 0 Å². The van der Waals surface area contributed by atoms with Gasteiger partial charge in [-0.05, 0) is 47.6 Å². The summed E-state index contributed by atoms with van der Waals surface area (Å²) in [7, 11) is 0. The van der Waals surface area contributed by atoms with Gasteiger partial charge < -0.3 is 5.32 Å². The van der Waals surface area contributed by atoms with Gasteiger partial charge in [0.05, 0.1) is 11.3 Å². The molecule has 1 amide bonds. The predicted octanol–water partition coefficient (Wildman–Crippen LogP) is 6.02. The number of anilines is 1. The van der Waals surface area contributed by atoms with Crippen molar-refractivity contribution in [3.63, 3.8) is 0 Å². The second-order valence-corrected chi connectivity index (χ2v) is 8.27. The third-order valence-corrected chi connectivity index (χ3v) is 5.19. The highest BCUT2D eigenvalue weighted by molar-refractivity contribution is 7.98. The summed E-state index contributed by atoms with van der Waals surface area (Å²) < 4.78 is 0. The number of benzene rings is 2. The topological polar surface area (TPSA) is 42.0 Å². The van der Waals surface area contributed by atoms with E-state index in [2.05, 4.69) is 43.2 Å². The van der Waals surface area contributed by atoms with Crippen LogP contribution in [0.3, 0.4) is 0 Å². The van der Waals surface area contributed by atoms with E-state index in [0.29, 0.717) is 5.56 Å². The number of carbonyl (C=O) groups excluding carboxylic acids is 1. The fraction of sp³-hybridized carbons (Fsp3) is 0.217. The Morgan fingerprint density at radius 2 is 1.78 bits per heavy atom. The number of nitrogens with one attached hydrogen (secondary N) is 1. The van der Waals surface area contributed by atoms with Gasteiger partial charge >= 0.3 is 0 Å². The number of hydrogen-bond acceptors (Lipinski definition) is 3. The maximum Gasteiger partial charge on any atom is 0.257 e. The largest absolute Gasteiger partial charge is 0.322 e. The van der Waals surface area contributed by atoms with E-state index in [1.165, 1.54) is 10.5 Å². The van der Waals surface area contributed by atoms with Crippen molar-refractivity contribution in [2.75, 3.05) is 11.6 Å². The lowest BCUT2D eigenvalue weighted by molar-refractivity contribution is 0.102. The lowest BCUT2D eigenvalue weighted by Gasteiger charge is -2.19. The van der Waals surface area contributed by atoms with Crippen molar-refractivity contribution >= 4 is 23.4 Å². The van der Waals surface area contributed by atoms with Gasteiger partial charge in [0.25, 0.3) is 5.91 Å². The Morgan fingerprint density at radius 3 is 2.44 bits per heavy atom. The van der Waals surface area contributed by atoms with Crippen molar-refractivity contribution in [1.82, 2.24) is 4.98 Å². The van der Waals surface area contributed by atoms with E-state index in [9.17, 15) is 4.79 Å². The molecule has 3 aromatic rings. The summed E-state index contributed by atoms with van der Waals surface area (Å²) in [5.74, 6) is -0.154. The molecule has 0 radical (unpaired) electrons. The zero-order valence-electron chi connectivity index (χ0n) is 16.1. The van der Waals surface area contributed by atoms with Crippen LogP contribution in [0.4, 0.5) is 5.69 Å². The van der Waals surface area contributed by atoms with Gasteiger partial charge in [-0.15, -0.1) is 11.8 Å². The molecule has 1 aromatic heterocycles. The maximum atomic E-state index is 12.6. The van der Waals surface area contributed by atoms with Crippen LogP contribution in [-0.4, -0.2) is 17.1 Å². The zero-order valence-corrected chi connectivity index (χ0v) is 16.9. The minimum atomic E-state index is -0.154. The molecule has 1 N–H and O–H groups in total. The van der Waals surface area contributed by atoms with Crippen LogP contribution < -0.4 is 5.32 Å². The highest BCUT2D eigenvalue weighted by Crippen LogP contribution is 2.29. The number of aromatic nitrogens is 1. The first-order valence-electron chi connectivity index (χ1n) is 8.90. The molecule has 0 saturated carbocycles. The van der Waals surface area contributed by atoms with E-state index in [0.717, 1.165) is 16.9 Å².